The number of hydrazine groups is 1. The zero-order valence-electron chi connectivity index (χ0n) is 11.7. The van der Waals surface area contributed by atoms with Crippen molar-refractivity contribution in [3.05, 3.63) is 22.2 Å². The maximum Gasteiger partial charge on any atom is 0.311 e. The van der Waals surface area contributed by atoms with Gasteiger partial charge in [0.1, 0.15) is 5.82 Å². The number of aromatic nitrogens is 1. The molecular weight excluding hydrogens is 258 g/mol. The summed E-state index contributed by atoms with van der Waals surface area (Å²) in [7, 11) is 1.88. The van der Waals surface area contributed by atoms with Crippen molar-refractivity contribution < 1.29 is 4.92 Å². The van der Waals surface area contributed by atoms with Crippen LogP contribution in [0.25, 0.3) is 0 Å². The van der Waals surface area contributed by atoms with Crippen LogP contribution in [0.15, 0.2) is 12.1 Å². The molecule has 0 aliphatic heterocycles. The molecule has 0 bridgehead atoms. The van der Waals surface area contributed by atoms with E-state index in [-0.39, 0.29) is 5.69 Å². The van der Waals surface area contributed by atoms with Crippen LogP contribution in [0.5, 0.6) is 0 Å². The van der Waals surface area contributed by atoms with Crippen molar-refractivity contribution in [3.63, 3.8) is 0 Å². The van der Waals surface area contributed by atoms with E-state index in [1.807, 2.05) is 11.9 Å². The van der Waals surface area contributed by atoms with Crippen LogP contribution in [0.4, 0.5) is 17.3 Å². The Labute approximate surface area is 118 Å². The van der Waals surface area contributed by atoms with Gasteiger partial charge in [-0.2, -0.15) is 0 Å². The lowest BCUT2D eigenvalue weighted by atomic mass is 10.1. The second-order valence-corrected chi connectivity index (χ2v) is 5.20. The third kappa shape index (κ3) is 3.16. The monoisotopic (exact) mass is 279 g/mol. The Morgan fingerprint density at radius 1 is 1.35 bits per heavy atom. The van der Waals surface area contributed by atoms with Gasteiger partial charge < -0.3 is 10.3 Å². The van der Waals surface area contributed by atoms with Gasteiger partial charge >= 0.3 is 5.69 Å². The van der Waals surface area contributed by atoms with Gasteiger partial charge in [0.05, 0.1) is 4.92 Å². The Morgan fingerprint density at radius 2 is 2.00 bits per heavy atom. The lowest BCUT2D eigenvalue weighted by molar-refractivity contribution is -0.384. The largest absolute Gasteiger partial charge is 0.351 e. The van der Waals surface area contributed by atoms with Crippen molar-refractivity contribution in [2.24, 2.45) is 5.84 Å². The molecule has 0 unspecified atom stereocenters. The first-order valence-electron chi connectivity index (χ1n) is 6.98. The molecule has 0 spiro atoms. The average Bonchev–Trinajstić information content (AvgIpc) is 2.74. The van der Waals surface area contributed by atoms with Gasteiger partial charge in [-0.05, 0) is 18.9 Å². The van der Waals surface area contributed by atoms with E-state index >= 15 is 0 Å². The summed E-state index contributed by atoms with van der Waals surface area (Å²) in [4.78, 5) is 17.0. The molecule has 20 heavy (non-hydrogen) atoms. The van der Waals surface area contributed by atoms with Crippen molar-refractivity contribution in [2.45, 2.75) is 44.6 Å². The van der Waals surface area contributed by atoms with E-state index in [1.165, 1.54) is 25.0 Å². The molecule has 0 saturated heterocycles. The number of rotatable bonds is 4. The van der Waals surface area contributed by atoms with Gasteiger partial charge in [-0.15, -0.1) is 0 Å². The molecule has 110 valence electrons. The maximum atomic E-state index is 11.2. The number of hydrogen-bond donors (Lipinski definition) is 2. The van der Waals surface area contributed by atoms with Crippen molar-refractivity contribution in [1.82, 2.24) is 4.98 Å². The van der Waals surface area contributed by atoms with E-state index in [1.54, 1.807) is 0 Å². The van der Waals surface area contributed by atoms with E-state index in [9.17, 15) is 10.1 Å². The minimum absolute atomic E-state index is 0.0238. The van der Waals surface area contributed by atoms with Gasteiger partial charge in [0.15, 0.2) is 0 Å². The van der Waals surface area contributed by atoms with Gasteiger partial charge in [0.2, 0.25) is 5.82 Å². The second-order valence-electron chi connectivity index (χ2n) is 5.20. The third-order valence-electron chi connectivity index (χ3n) is 3.91. The fraction of sp³-hybridized carbons (Fsp3) is 0.615. The molecule has 1 heterocycles. The first kappa shape index (κ1) is 14.5. The van der Waals surface area contributed by atoms with Crippen LogP contribution in [0, 0.1) is 10.1 Å². The van der Waals surface area contributed by atoms with Crippen molar-refractivity contribution in [3.8, 4) is 0 Å². The van der Waals surface area contributed by atoms with E-state index < -0.39 is 4.92 Å². The van der Waals surface area contributed by atoms with Crippen LogP contribution in [-0.4, -0.2) is 23.0 Å². The zero-order chi connectivity index (χ0) is 14.5. The summed E-state index contributed by atoms with van der Waals surface area (Å²) >= 11 is 0. The number of hydrogen-bond acceptors (Lipinski definition) is 6. The molecule has 1 saturated carbocycles. The van der Waals surface area contributed by atoms with Crippen molar-refractivity contribution >= 4 is 17.3 Å². The highest BCUT2D eigenvalue weighted by molar-refractivity contribution is 5.61. The summed E-state index contributed by atoms with van der Waals surface area (Å²) in [6, 6.07) is 3.27. The number of pyridine rings is 1. The zero-order valence-corrected chi connectivity index (χ0v) is 11.7. The highest BCUT2D eigenvalue weighted by Crippen LogP contribution is 2.31. The molecule has 3 N–H and O–H groups in total. The summed E-state index contributed by atoms with van der Waals surface area (Å²) in [6.45, 7) is 0. The van der Waals surface area contributed by atoms with Crippen LogP contribution in [0.3, 0.4) is 0 Å². The molecule has 1 aliphatic rings. The normalized spacial score (nSPS) is 16.5. The molecule has 7 heteroatoms. The van der Waals surface area contributed by atoms with Gasteiger partial charge in [-0.1, -0.05) is 25.7 Å². The molecule has 2 rings (SSSR count). The fourth-order valence-electron chi connectivity index (χ4n) is 2.74. The first-order valence-corrected chi connectivity index (χ1v) is 6.98. The SMILES string of the molecule is CN(c1nc(NN)ccc1[N+](=O)[O-])C1CCCCCC1. The first-order chi connectivity index (χ1) is 9.63. The Kier molecular flexibility index (Phi) is 4.73. The lowest BCUT2D eigenvalue weighted by Crippen LogP contribution is -2.32. The quantitative estimate of drug-likeness (QED) is 0.380. The van der Waals surface area contributed by atoms with Gasteiger partial charge in [0.25, 0.3) is 0 Å². The molecule has 0 radical (unpaired) electrons. The van der Waals surface area contributed by atoms with Crippen molar-refractivity contribution in [2.75, 3.05) is 17.4 Å². The van der Waals surface area contributed by atoms with Crippen LogP contribution >= 0.6 is 0 Å². The summed E-state index contributed by atoms with van der Waals surface area (Å²) < 4.78 is 0. The molecule has 1 aliphatic carbocycles. The minimum atomic E-state index is -0.393. The van der Waals surface area contributed by atoms with Gasteiger partial charge in [-0.3, -0.25) is 10.1 Å². The number of nitrogen functional groups attached to an aromatic ring is 1. The Bertz CT molecular complexity index is 472. The molecule has 1 aromatic rings. The summed E-state index contributed by atoms with van der Waals surface area (Å²) in [5.74, 6) is 6.17. The smallest absolute Gasteiger partial charge is 0.311 e. The molecule has 0 atom stereocenters. The van der Waals surface area contributed by atoms with Crippen LogP contribution in [-0.2, 0) is 0 Å². The molecule has 0 aromatic carbocycles. The second kappa shape index (κ2) is 6.51. The number of nitrogens with zero attached hydrogens (tertiary/aromatic N) is 3. The van der Waals surface area contributed by atoms with E-state index in [2.05, 4.69) is 10.4 Å². The van der Waals surface area contributed by atoms with Crippen LogP contribution < -0.4 is 16.2 Å². The Morgan fingerprint density at radius 3 is 2.55 bits per heavy atom. The predicted octanol–water partition coefficient (Wildman–Crippen LogP) is 2.43. The van der Waals surface area contributed by atoms with E-state index in [0.29, 0.717) is 17.7 Å². The third-order valence-corrected chi connectivity index (χ3v) is 3.91. The van der Waals surface area contributed by atoms with Crippen molar-refractivity contribution in [1.29, 1.82) is 0 Å². The summed E-state index contributed by atoms with van der Waals surface area (Å²) in [6.07, 6.45) is 6.91. The van der Waals surface area contributed by atoms with Crippen LogP contribution in [0.1, 0.15) is 38.5 Å². The number of anilines is 2. The average molecular weight is 279 g/mol. The molecule has 1 aromatic heterocycles. The Hall–Kier alpha value is -1.89. The number of nitrogens with two attached hydrogens (primary N) is 1. The molecule has 7 nitrogen and oxygen atoms in total. The topological polar surface area (TPSA) is 97.3 Å². The van der Waals surface area contributed by atoms with E-state index in [0.717, 1.165) is 25.7 Å². The molecule has 1 fully saturated rings. The number of nitro groups is 1. The highest BCUT2D eigenvalue weighted by atomic mass is 16.6. The Balaban J connectivity index is 2.30. The summed E-state index contributed by atoms with van der Waals surface area (Å²) in [5, 5.41) is 11.2. The molecule has 0 amide bonds. The van der Waals surface area contributed by atoms with E-state index in [4.69, 9.17) is 5.84 Å². The summed E-state index contributed by atoms with van der Waals surface area (Å²) in [5.41, 5.74) is 2.47. The minimum Gasteiger partial charge on any atom is -0.351 e. The van der Waals surface area contributed by atoms with Gasteiger partial charge in [-0.25, -0.2) is 10.8 Å². The van der Waals surface area contributed by atoms with Crippen LogP contribution in [0.2, 0.25) is 0 Å². The maximum absolute atomic E-state index is 11.2. The standard InChI is InChI=1S/C13H21N5O2/c1-17(10-6-4-2-3-5-7-10)13-11(18(19)20)8-9-12(15-13)16-14/h8-10H,2-7,14H2,1H3,(H,15,16). The molecular formula is C13H21N5O2. The van der Waals surface area contributed by atoms with Gasteiger partial charge in [0, 0.05) is 19.2 Å². The number of nitrogens with one attached hydrogen (secondary N) is 1. The lowest BCUT2D eigenvalue weighted by Gasteiger charge is -2.28. The predicted molar refractivity (Wildman–Crippen MR) is 78.6 cm³/mol. The fourth-order valence-corrected chi connectivity index (χ4v) is 2.74. The highest BCUT2D eigenvalue weighted by Gasteiger charge is 2.25.